The van der Waals surface area contributed by atoms with Crippen LogP contribution in [0.2, 0.25) is 0 Å². The summed E-state index contributed by atoms with van der Waals surface area (Å²) < 4.78 is 11.6. The van der Waals surface area contributed by atoms with Gasteiger partial charge in [-0.2, -0.15) is 0 Å². The average molecular weight is 476 g/mol. The van der Waals surface area contributed by atoms with Crippen molar-refractivity contribution < 1.29 is 24.2 Å². The number of nitrogens with two attached hydrogens (primary N) is 1. The number of nitrogens with zero attached hydrogens (tertiary/aromatic N) is 2. The maximum Gasteiger partial charge on any atom is 0.253 e. The van der Waals surface area contributed by atoms with Crippen molar-refractivity contribution in [2.45, 2.75) is 25.4 Å². The summed E-state index contributed by atoms with van der Waals surface area (Å²) >= 11 is 0. The Hall–Kier alpha value is -3.91. The van der Waals surface area contributed by atoms with Crippen molar-refractivity contribution in [2.24, 2.45) is 5.73 Å². The summed E-state index contributed by atoms with van der Waals surface area (Å²) in [5.41, 5.74) is 8.92. The minimum atomic E-state index is -0.651. The van der Waals surface area contributed by atoms with Crippen molar-refractivity contribution in [3.63, 3.8) is 0 Å². The molecule has 1 aromatic heterocycles. The molecule has 1 aliphatic rings. The molecule has 0 saturated carbocycles. The molecule has 3 N–H and O–H groups in total. The third-order valence-electron chi connectivity index (χ3n) is 6.12. The lowest BCUT2D eigenvalue weighted by Gasteiger charge is -2.19. The van der Waals surface area contributed by atoms with Gasteiger partial charge in [-0.3, -0.25) is 14.6 Å². The molecule has 8 nitrogen and oxygen atoms in total. The second kappa shape index (κ2) is 10.6. The molecule has 182 valence electrons. The maximum absolute atomic E-state index is 13.3. The monoisotopic (exact) mass is 475 g/mol. The number of carbonyl (C=O) groups is 2. The van der Waals surface area contributed by atoms with Gasteiger partial charge in [0.1, 0.15) is 24.2 Å². The van der Waals surface area contributed by atoms with Crippen molar-refractivity contribution in [3.05, 3.63) is 88.7 Å². The second-order valence-corrected chi connectivity index (χ2v) is 8.59. The van der Waals surface area contributed by atoms with Gasteiger partial charge in [-0.1, -0.05) is 18.2 Å². The zero-order valence-corrected chi connectivity index (χ0v) is 19.8. The molecule has 2 heterocycles. The topological polar surface area (TPSA) is 115 Å². The minimum absolute atomic E-state index is 0.0856. The Bertz CT molecular complexity index is 1210. The van der Waals surface area contributed by atoms with Crippen LogP contribution in [0.3, 0.4) is 0 Å². The van der Waals surface area contributed by atoms with Gasteiger partial charge in [-0.15, -0.1) is 0 Å². The van der Waals surface area contributed by atoms with Gasteiger partial charge in [0.2, 0.25) is 0 Å². The molecule has 8 heteroatoms. The van der Waals surface area contributed by atoms with Crippen LogP contribution in [0, 0.1) is 0 Å². The summed E-state index contributed by atoms with van der Waals surface area (Å²) in [5.74, 6) is -0.0607. The highest BCUT2D eigenvalue weighted by molar-refractivity contribution is 6.01. The number of benzene rings is 2. The first-order valence-electron chi connectivity index (χ1n) is 11.5. The van der Waals surface area contributed by atoms with Crippen molar-refractivity contribution in [2.75, 3.05) is 26.8 Å². The molecule has 2 atom stereocenters. The molecule has 2 amide bonds. The van der Waals surface area contributed by atoms with Crippen LogP contribution >= 0.6 is 0 Å². The number of aliphatic hydroxyl groups is 1. The van der Waals surface area contributed by atoms with Crippen LogP contribution in [0.5, 0.6) is 11.5 Å². The molecule has 1 aliphatic heterocycles. The van der Waals surface area contributed by atoms with Crippen LogP contribution < -0.4 is 15.2 Å². The summed E-state index contributed by atoms with van der Waals surface area (Å²) in [6.45, 7) is 2.51. The smallest absolute Gasteiger partial charge is 0.253 e. The molecular formula is C27H29N3O5. The summed E-state index contributed by atoms with van der Waals surface area (Å²) in [4.78, 5) is 31.4. The number of rotatable bonds is 9. The standard InChI is InChI=1S/C27H29N3O5/c1-17-24(19-6-3-7-21(13-19)34-12-11-31)22-14-20(15-23(26(28)32)25(22)35-17)27(33)30(2)10-8-18-5-4-9-29-16-18/h3-7,9,13-17,24,31H,8,10-12H2,1-2H3,(H2,28,32)/t17-,24+/m1/s1. The van der Waals surface area contributed by atoms with E-state index in [4.69, 9.17) is 20.3 Å². The first-order valence-corrected chi connectivity index (χ1v) is 11.5. The predicted molar refractivity (Wildman–Crippen MR) is 131 cm³/mol. The van der Waals surface area contributed by atoms with E-state index in [0.717, 1.165) is 16.7 Å². The Kier molecular flexibility index (Phi) is 7.31. The molecule has 0 spiro atoms. The zero-order valence-electron chi connectivity index (χ0n) is 19.8. The summed E-state index contributed by atoms with van der Waals surface area (Å²) in [7, 11) is 1.73. The minimum Gasteiger partial charge on any atom is -0.491 e. The molecule has 35 heavy (non-hydrogen) atoms. The molecule has 0 radical (unpaired) electrons. The Morgan fingerprint density at radius 2 is 2.03 bits per heavy atom. The number of pyridine rings is 1. The van der Waals surface area contributed by atoms with Gasteiger partial charge in [0, 0.05) is 43.0 Å². The van der Waals surface area contributed by atoms with Crippen LogP contribution in [-0.4, -0.2) is 59.7 Å². The highest BCUT2D eigenvalue weighted by Gasteiger charge is 2.36. The first-order chi connectivity index (χ1) is 16.9. The van der Waals surface area contributed by atoms with Gasteiger partial charge in [0.05, 0.1) is 12.2 Å². The third kappa shape index (κ3) is 5.27. The Morgan fingerprint density at radius 3 is 2.74 bits per heavy atom. The lowest BCUT2D eigenvalue weighted by atomic mass is 9.86. The molecule has 0 saturated heterocycles. The molecule has 2 aromatic carbocycles. The van der Waals surface area contributed by atoms with E-state index in [2.05, 4.69) is 4.98 Å². The van der Waals surface area contributed by atoms with Crippen molar-refractivity contribution in [1.82, 2.24) is 9.88 Å². The van der Waals surface area contributed by atoms with E-state index >= 15 is 0 Å². The number of primary amides is 1. The normalized spacial score (nSPS) is 16.3. The fraction of sp³-hybridized carbons (Fsp3) is 0.296. The lowest BCUT2D eigenvalue weighted by molar-refractivity contribution is 0.0796. The molecule has 4 rings (SSSR count). The van der Waals surface area contributed by atoms with E-state index in [1.807, 2.05) is 43.3 Å². The van der Waals surface area contributed by atoms with Gasteiger partial charge in [0.15, 0.2) is 0 Å². The van der Waals surface area contributed by atoms with E-state index in [1.54, 1.807) is 30.4 Å². The average Bonchev–Trinajstić information content (AvgIpc) is 3.21. The van der Waals surface area contributed by atoms with Gasteiger partial charge >= 0.3 is 0 Å². The van der Waals surface area contributed by atoms with Crippen LogP contribution in [0.25, 0.3) is 0 Å². The van der Waals surface area contributed by atoms with E-state index in [9.17, 15) is 9.59 Å². The summed E-state index contributed by atoms with van der Waals surface area (Å²) in [6, 6.07) is 14.6. The van der Waals surface area contributed by atoms with Gasteiger partial charge in [0.25, 0.3) is 11.8 Å². The molecular weight excluding hydrogens is 446 g/mol. The number of hydrogen-bond donors (Lipinski definition) is 2. The fourth-order valence-corrected chi connectivity index (χ4v) is 4.40. The number of fused-ring (bicyclic) bond motifs is 1. The number of carbonyl (C=O) groups excluding carboxylic acids is 2. The predicted octanol–water partition coefficient (Wildman–Crippen LogP) is 2.78. The Labute approximate surface area is 204 Å². The molecule has 0 aliphatic carbocycles. The number of likely N-dealkylation sites (N-methyl/N-ethyl adjacent to an activating group) is 1. The highest BCUT2D eigenvalue weighted by Crippen LogP contribution is 2.45. The van der Waals surface area contributed by atoms with Crippen molar-refractivity contribution in [3.8, 4) is 11.5 Å². The van der Waals surface area contributed by atoms with Crippen LogP contribution in [0.1, 0.15) is 50.2 Å². The largest absolute Gasteiger partial charge is 0.491 e. The van der Waals surface area contributed by atoms with E-state index in [0.29, 0.717) is 30.0 Å². The number of ether oxygens (including phenoxy) is 2. The quantitative estimate of drug-likeness (QED) is 0.492. The Balaban J connectivity index is 1.65. The number of hydrogen-bond acceptors (Lipinski definition) is 6. The van der Waals surface area contributed by atoms with E-state index in [-0.39, 0.29) is 36.7 Å². The number of amides is 2. The summed E-state index contributed by atoms with van der Waals surface area (Å²) in [6.07, 6.45) is 3.86. The molecule has 3 aromatic rings. The number of aliphatic hydroxyl groups excluding tert-OH is 1. The Morgan fingerprint density at radius 1 is 1.20 bits per heavy atom. The van der Waals surface area contributed by atoms with E-state index < -0.39 is 5.91 Å². The maximum atomic E-state index is 13.3. The second-order valence-electron chi connectivity index (χ2n) is 8.59. The van der Waals surface area contributed by atoms with Gasteiger partial charge in [-0.05, 0) is 54.8 Å². The van der Waals surface area contributed by atoms with Crippen molar-refractivity contribution in [1.29, 1.82) is 0 Å². The fourth-order valence-electron chi connectivity index (χ4n) is 4.40. The van der Waals surface area contributed by atoms with Crippen LogP contribution in [-0.2, 0) is 6.42 Å². The third-order valence-corrected chi connectivity index (χ3v) is 6.12. The first kappa shape index (κ1) is 24.2. The summed E-state index contributed by atoms with van der Waals surface area (Å²) in [5, 5.41) is 9.07. The lowest BCUT2D eigenvalue weighted by Crippen LogP contribution is -2.29. The highest BCUT2D eigenvalue weighted by atomic mass is 16.5. The van der Waals surface area contributed by atoms with Crippen LogP contribution in [0.4, 0.5) is 0 Å². The number of aromatic nitrogens is 1. The van der Waals surface area contributed by atoms with Crippen molar-refractivity contribution >= 4 is 11.8 Å². The van der Waals surface area contributed by atoms with Gasteiger partial charge in [-0.25, -0.2) is 0 Å². The zero-order chi connectivity index (χ0) is 24.9. The van der Waals surface area contributed by atoms with Gasteiger partial charge < -0.3 is 25.2 Å². The van der Waals surface area contributed by atoms with E-state index in [1.165, 1.54) is 6.07 Å². The van der Waals surface area contributed by atoms with Crippen LogP contribution in [0.15, 0.2) is 60.9 Å². The molecule has 0 fully saturated rings. The SMILES string of the molecule is C[C@H]1Oc2c(C(N)=O)cc(C(=O)N(C)CCc3cccnc3)cc2[C@@H]1c1cccc(OCCO)c1. The molecule has 0 unspecified atom stereocenters. The molecule has 0 bridgehead atoms.